The van der Waals surface area contributed by atoms with Crippen molar-refractivity contribution in [1.29, 1.82) is 0 Å². The average molecular weight is 1140 g/mol. The molecule has 0 aromatic heterocycles. The lowest BCUT2D eigenvalue weighted by Gasteiger charge is -2.25. The van der Waals surface area contributed by atoms with Crippen LogP contribution in [0.4, 0.5) is 0 Å². The highest BCUT2D eigenvalue weighted by atomic mass is 16.7. The van der Waals surface area contributed by atoms with Crippen LogP contribution in [-0.4, -0.2) is 87.4 Å². The summed E-state index contributed by atoms with van der Waals surface area (Å²) in [6, 6.07) is 0. The molecule has 0 amide bonds. The summed E-state index contributed by atoms with van der Waals surface area (Å²) in [5.41, 5.74) is 0. The molecule has 0 spiro atoms. The Labute approximate surface area is 500 Å². The number of aliphatic carboxylic acids is 1. The van der Waals surface area contributed by atoms with Crippen molar-refractivity contribution in [3.05, 3.63) is 85.1 Å². The highest BCUT2D eigenvalue weighted by Crippen LogP contribution is 2.17. The summed E-state index contributed by atoms with van der Waals surface area (Å²) in [5, 5.41) is 9.73. The van der Waals surface area contributed by atoms with Gasteiger partial charge in [0.25, 0.3) is 6.29 Å². The lowest BCUT2D eigenvalue weighted by molar-refractivity contribution is -0.870. The number of unbranched alkanes of at least 4 members (excludes halogenated alkanes) is 33. The fourth-order valence-corrected chi connectivity index (χ4v) is 9.48. The van der Waals surface area contributed by atoms with Crippen molar-refractivity contribution in [2.75, 3.05) is 47.5 Å². The summed E-state index contributed by atoms with van der Waals surface area (Å²) in [7, 11) is 5.96. The molecular formula is C72H128NO8+. The molecule has 0 heterocycles. The lowest BCUT2D eigenvalue weighted by Crippen LogP contribution is -2.40. The number of ether oxygens (including phenoxy) is 4. The predicted molar refractivity (Wildman–Crippen MR) is 346 cm³/mol. The number of carbonyl (C=O) groups excluding carboxylic acids is 2. The minimum absolute atomic E-state index is 0.179. The molecule has 81 heavy (non-hydrogen) atoms. The van der Waals surface area contributed by atoms with Crippen LogP contribution in [0.1, 0.15) is 296 Å². The van der Waals surface area contributed by atoms with E-state index in [9.17, 15) is 19.5 Å². The zero-order chi connectivity index (χ0) is 59.1. The maximum absolute atomic E-state index is 12.9. The molecule has 0 aliphatic heterocycles. The molecule has 2 atom stereocenters. The van der Waals surface area contributed by atoms with Crippen LogP contribution < -0.4 is 0 Å². The van der Waals surface area contributed by atoms with Crippen LogP contribution in [0.2, 0.25) is 0 Å². The largest absolute Gasteiger partial charge is 0.477 e. The average Bonchev–Trinajstić information content (AvgIpc) is 3.44. The highest BCUT2D eigenvalue weighted by molar-refractivity contribution is 5.71. The van der Waals surface area contributed by atoms with Gasteiger partial charge in [0.15, 0.2) is 6.10 Å². The van der Waals surface area contributed by atoms with Crippen LogP contribution in [0.15, 0.2) is 85.1 Å². The van der Waals surface area contributed by atoms with E-state index in [1.807, 2.05) is 21.1 Å². The van der Waals surface area contributed by atoms with E-state index < -0.39 is 24.3 Å². The zero-order valence-corrected chi connectivity index (χ0v) is 53.4. The smallest absolute Gasteiger partial charge is 0.361 e. The molecule has 0 fully saturated rings. The Balaban J connectivity index is 4.13. The molecule has 0 bridgehead atoms. The van der Waals surface area contributed by atoms with Crippen molar-refractivity contribution in [3.8, 4) is 0 Å². The topological polar surface area (TPSA) is 108 Å². The SMILES string of the molecule is CC/C=C\C/C=C\C/C=C\C/C=C\C/C=C\C/C=C\CCCCCCC(=O)OC(COC(=O)CCCCCCCCCCCCCCCCCCCCCCC/C=C\CCCCCCCCCC)COC(OCC[N+](C)(C)C)C(=O)O. The Bertz CT molecular complexity index is 1600. The number of carboxylic acid groups (broad SMARTS) is 1. The van der Waals surface area contributed by atoms with Crippen molar-refractivity contribution < 1.29 is 42.9 Å². The Morgan fingerprint density at radius 2 is 0.704 bits per heavy atom. The van der Waals surface area contributed by atoms with Crippen molar-refractivity contribution in [2.45, 2.75) is 309 Å². The van der Waals surface area contributed by atoms with Crippen LogP contribution in [0.25, 0.3) is 0 Å². The summed E-state index contributed by atoms with van der Waals surface area (Å²) in [6.45, 7) is 4.76. The number of esters is 2. The normalized spacial score (nSPS) is 13.2. The first-order chi connectivity index (χ1) is 39.6. The van der Waals surface area contributed by atoms with Gasteiger partial charge >= 0.3 is 17.9 Å². The van der Waals surface area contributed by atoms with Crippen LogP contribution in [0.3, 0.4) is 0 Å². The second-order valence-corrected chi connectivity index (χ2v) is 23.7. The minimum Gasteiger partial charge on any atom is -0.477 e. The molecule has 0 aromatic rings. The highest BCUT2D eigenvalue weighted by Gasteiger charge is 2.25. The summed E-state index contributed by atoms with van der Waals surface area (Å²) >= 11 is 0. The molecule has 0 aliphatic rings. The van der Waals surface area contributed by atoms with Gasteiger partial charge in [0.1, 0.15) is 13.2 Å². The molecule has 0 radical (unpaired) electrons. The summed E-state index contributed by atoms with van der Waals surface area (Å²) in [4.78, 5) is 37.5. The maximum Gasteiger partial charge on any atom is 0.361 e. The quantitative estimate of drug-likeness (QED) is 0.0211. The number of likely N-dealkylation sites (N-methyl/N-ethyl adjacent to an activating group) is 1. The van der Waals surface area contributed by atoms with Crippen LogP contribution in [0.5, 0.6) is 0 Å². The fourth-order valence-electron chi connectivity index (χ4n) is 9.48. The van der Waals surface area contributed by atoms with Crippen molar-refractivity contribution in [3.63, 3.8) is 0 Å². The van der Waals surface area contributed by atoms with Gasteiger partial charge in [-0.25, -0.2) is 4.79 Å². The van der Waals surface area contributed by atoms with Gasteiger partial charge in [0.2, 0.25) is 0 Å². The molecule has 0 saturated heterocycles. The van der Waals surface area contributed by atoms with E-state index in [-0.39, 0.29) is 32.2 Å². The Morgan fingerprint density at radius 3 is 1.06 bits per heavy atom. The van der Waals surface area contributed by atoms with Gasteiger partial charge in [-0.1, -0.05) is 279 Å². The van der Waals surface area contributed by atoms with E-state index in [1.54, 1.807) is 0 Å². The third kappa shape index (κ3) is 63.9. The number of quaternary nitrogens is 1. The van der Waals surface area contributed by atoms with Crippen molar-refractivity contribution in [1.82, 2.24) is 0 Å². The van der Waals surface area contributed by atoms with E-state index in [0.717, 1.165) is 83.5 Å². The lowest BCUT2D eigenvalue weighted by atomic mass is 10.0. The van der Waals surface area contributed by atoms with Crippen LogP contribution in [0, 0.1) is 0 Å². The molecule has 1 N–H and O–H groups in total. The number of rotatable bonds is 62. The van der Waals surface area contributed by atoms with Gasteiger partial charge in [0, 0.05) is 12.8 Å². The molecule has 0 aromatic carbocycles. The second kappa shape index (κ2) is 62.5. The molecule has 2 unspecified atom stereocenters. The predicted octanol–water partition coefficient (Wildman–Crippen LogP) is 20.7. The first-order valence-corrected chi connectivity index (χ1v) is 33.8. The van der Waals surface area contributed by atoms with Gasteiger partial charge in [0.05, 0.1) is 34.4 Å². The van der Waals surface area contributed by atoms with Gasteiger partial charge in [-0.05, 0) is 89.9 Å². The molecule has 0 saturated carbocycles. The Hall–Kier alpha value is -3.53. The second-order valence-electron chi connectivity index (χ2n) is 23.7. The molecule has 468 valence electrons. The number of nitrogens with zero attached hydrogens (tertiary/aromatic N) is 1. The first-order valence-electron chi connectivity index (χ1n) is 33.8. The van der Waals surface area contributed by atoms with Gasteiger partial charge in [-0.2, -0.15) is 0 Å². The van der Waals surface area contributed by atoms with E-state index in [2.05, 4.69) is 98.9 Å². The van der Waals surface area contributed by atoms with Crippen molar-refractivity contribution in [2.24, 2.45) is 0 Å². The number of hydrogen-bond donors (Lipinski definition) is 1. The number of allylic oxidation sites excluding steroid dienone is 14. The number of carboxylic acids is 1. The van der Waals surface area contributed by atoms with E-state index >= 15 is 0 Å². The van der Waals surface area contributed by atoms with Crippen LogP contribution in [-0.2, 0) is 33.3 Å². The maximum atomic E-state index is 12.9. The number of carbonyl (C=O) groups is 3. The number of hydrogen-bond acceptors (Lipinski definition) is 7. The van der Waals surface area contributed by atoms with Crippen LogP contribution >= 0.6 is 0 Å². The molecule has 9 heteroatoms. The third-order valence-electron chi connectivity index (χ3n) is 14.6. The van der Waals surface area contributed by atoms with E-state index in [0.29, 0.717) is 23.9 Å². The fraction of sp³-hybridized carbons (Fsp3) is 0.764. The van der Waals surface area contributed by atoms with Crippen molar-refractivity contribution >= 4 is 17.9 Å². The molecular weight excluding hydrogens is 1010 g/mol. The summed E-state index contributed by atoms with van der Waals surface area (Å²) < 4.78 is 22.9. The summed E-state index contributed by atoms with van der Waals surface area (Å²) in [6.07, 6.45) is 81.3. The van der Waals surface area contributed by atoms with Gasteiger partial charge in [-0.15, -0.1) is 0 Å². The minimum atomic E-state index is -1.52. The molecule has 0 rings (SSSR count). The van der Waals surface area contributed by atoms with Gasteiger partial charge < -0.3 is 28.5 Å². The first kappa shape index (κ1) is 77.5. The Kier molecular flexibility index (Phi) is 59.8. The van der Waals surface area contributed by atoms with E-state index in [1.165, 1.54) is 180 Å². The summed E-state index contributed by atoms with van der Waals surface area (Å²) in [5.74, 6) is -2.03. The molecule has 9 nitrogen and oxygen atoms in total. The van der Waals surface area contributed by atoms with E-state index in [4.69, 9.17) is 18.9 Å². The zero-order valence-electron chi connectivity index (χ0n) is 53.4. The third-order valence-corrected chi connectivity index (χ3v) is 14.6. The Morgan fingerprint density at radius 1 is 0.383 bits per heavy atom. The molecule has 0 aliphatic carbocycles. The van der Waals surface area contributed by atoms with Gasteiger partial charge in [-0.3, -0.25) is 9.59 Å². The monoisotopic (exact) mass is 1130 g/mol. The standard InChI is InChI=1S/C72H127NO8/c1-6-8-10-12-14-16-18-20-22-24-26-28-30-31-32-33-34-35-36-37-38-39-41-42-44-46-48-50-52-54-56-58-60-62-69(74)79-66-68(67-80-72(71(76)77)78-65-64-73(3,4)5)81-70(75)63-61-59-57-55-53-51-49-47-45-43-40-29-27-25-23-21-19-17-15-13-11-9-7-2/h9,11,15,17,21,23-24,26-27,29,43,45,49,51,68,72H,6-8,10,12-14,16,18-20,22,25,28,30-42,44,46-48,50,52-67H2,1-5H3/p+1/b11-9-,17-15-,23-21-,26-24-,29-27-,45-43-,51-49-.